The van der Waals surface area contributed by atoms with Crippen LogP contribution in [0.1, 0.15) is 51.8 Å². The molecule has 128 valence electrons. The lowest BCUT2D eigenvalue weighted by Crippen LogP contribution is -2.45. The van der Waals surface area contributed by atoms with Crippen LogP contribution in [-0.2, 0) is 9.53 Å². The van der Waals surface area contributed by atoms with Gasteiger partial charge in [0.1, 0.15) is 5.60 Å². The molecule has 0 heterocycles. The molecule has 0 bridgehead atoms. The zero-order valence-corrected chi connectivity index (χ0v) is 16.0. The van der Waals surface area contributed by atoms with Crippen LogP contribution in [0.3, 0.4) is 0 Å². The normalized spacial score (nSPS) is 12.9. The van der Waals surface area contributed by atoms with Crippen molar-refractivity contribution in [1.29, 1.82) is 0 Å². The van der Waals surface area contributed by atoms with Crippen molar-refractivity contribution in [2.75, 3.05) is 0 Å². The molecule has 23 heavy (non-hydrogen) atoms. The highest BCUT2D eigenvalue weighted by Crippen LogP contribution is 2.28. The summed E-state index contributed by atoms with van der Waals surface area (Å²) >= 11 is 3.40. The summed E-state index contributed by atoms with van der Waals surface area (Å²) in [6, 6.07) is 3.83. The molecule has 1 rings (SSSR count). The summed E-state index contributed by atoms with van der Waals surface area (Å²) in [5.74, 6) is -1.09. The van der Waals surface area contributed by atoms with Crippen molar-refractivity contribution in [3.8, 4) is 0 Å². The summed E-state index contributed by atoms with van der Waals surface area (Å²) < 4.78 is 6.27. The van der Waals surface area contributed by atoms with Crippen LogP contribution in [0.25, 0.3) is 0 Å². The van der Waals surface area contributed by atoms with Crippen LogP contribution in [0.5, 0.6) is 0 Å². The highest BCUT2D eigenvalue weighted by atomic mass is 79.9. The van der Waals surface area contributed by atoms with Crippen LogP contribution in [0.2, 0.25) is 0 Å². The maximum absolute atomic E-state index is 12.5. The van der Waals surface area contributed by atoms with Crippen LogP contribution >= 0.6 is 15.9 Å². The number of carbonyl (C=O) groups excluding carboxylic acids is 1. The number of benzene rings is 1. The Morgan fingerprint density at radius 1 is 1.26 bits per heavy atom. The Balaban J connectivity index is 3.29. The van der Waals surface area contributed by atoms with Gasteiger partial charge in [-0.15, -0.1) is 0 Å². The van der Waals surface area contributed by atoms with E-state index < -0.39 is 23.7 Å². The van der Waals surface area contributed by atoms with Gasteiger partial charge in [0, 0.05) is 10.5 Å². The third-order valence-corrected chi connectivity index (χ3v) is 4.06. The van der Waals surface area contributed by atoms with Crippen LogP contribution in [0.15, 0.2) is 22.7 Å². The van der Waals surface area contributed by atoms with E-state index in [1.807, 2.05) is 6.92 Å². The van der Waals surface area contributed by atoms with E-state index in [0.717, 1.165) is 10.0 Å². The Kier molecular flexibility index (Phi) is 6.22. The zero-order chi connectivity index (χ0) is 17.9. The molecule has 1 aromatic rings. The molecule has 5 nitrogen and oxygen atoms in total. The number of carbonyl (C=O) groups is 2. The summed E-state index contributed by atoms with van der Waals surface area (Å²) in [6.07, 6.45) is -0.638. The number of aliphatic carboxylic acids is 1. The van der Waals surface area contributed by atoms with Crippen molar-refractivity contribution >= 4 is 28.0 Å². The average molecular weight is 386 g/mol. The summed E-state index contributed by atoms with van der Waals surface area (Å²) in [5, 5.41) is 9.69. The number of aryl methyl sites for hydroxylation is 1. The molecule has 6 heteroatoms. The zero-order valence-electron chi connectivity index (χ0n) is 14.4. The number of amides is 1. The maximum Gasteiger partial charge on any atom is 0.411 e. The summed E-state index contributed by atoms with van der Waals surface area (Å²) in [6.45, 7) is 10.7. The second-order valence-electron chi connectivity index (χ2n) is 6.73. The lowest BCUT2D eigenvalue weighted by Gasteiger charge is -2.34. The molecule has 0 saturated carbocycles. The SMILES string of the molecule is Cc1cc(C(C(=O)O)N(C(=O)OC(C)(C)C)C(C)C)ccc1Br. The molecule has 1 N–H and O–H groups in total. The van der Waals surface area contributed by atoms with Gasteiger partial charge in [0.25, 0.3) is 0 Å². The van der Waals surface area contributed by atoms with Gasteiger partial charge in [-0.2, -0.15) is 0 Å². The van der Waals surface area contributed by atoms with Crippen molar-refractivity contribution in [2.24, 2.45) is 0 Å². The minimum atomic E-state index is -1.10. The number of hydrogen-bond acceptors (Lipinski definition) is 3. The van der Waals surface area contributed by atoms with Crippen molar-refractivity contribution in [2.45, 2.75) is 59.2 Å². The molecule has 0 aliphatic carbocycles. The lowest BCUT2D eigenvalue weighted by molar-refractivity contribution is -0.144. The molecule has 1 aromatic carbocycles. The minimum absolute atomic E-state index is 0.324. The van der Waals surface area contributed by atoms with E-state index in [1.165, 1.54) is 4.90 Å². The summed E-state index contributed by atoms with van der Waals surface area (Å²) in [4.78, 5) is 25.6. The molecule has 0 fully saturated rings. The second-order valence-corrected chi connectivity index (χ2v) is 7.59. The number of ether oxygens (including phenoxy) is 1. The van der Waals surface area contributed by atoms with E-state index in [1.54, 1.807) is 52.8 Å². The third-order valence-electron chi connectivity index (χ3n) is 3.17. The van der Waals surface area contributed by atoms with Crippen molar-refractivity contribution in [3.05, 3.63) is 33.8 Å². The number of hydrogen-bond donors (Lipinski definition) is 1. The molecule has 1 atom stereocenters. The number of nitrogens with zero attached hydrogens (tertiary/aromatic N) is 1. The molecular weight excluding hydrogens is 362 g/mol. The molecular formula is C17H24BrNO4. The van der Waals surface area contributed by atoms with Gasteiger partial charge >= 0.3 is 12.1 Å². The van der Waals surface area contributed by atoms with Gasteiger partial charge in [0.2, 0.25) is 0 Å². The monoisotopic (exact) mass is 385 g/mol. The number of carboxylic acid groups (broad SMARTS) is 1. The second kappa shape index (κ2) is 7.34. The summed E-state index contributed by atoms with van der Waals surface area (Å²) in [7, 11) is 0. The standard InChI is InChI=1S/C17H24BrNO4/c1-10(2)19(16(22)23-17(4,5)6)14(15(20)21)12-7-8-13(18)11(3)9-12/h7-10,14H,1-6H3,(H,20,21). The minimum Gasteiger partial charge on any atom is -0.479 e. The highest BCUT2D eigenvalue weighted by Gasteiger charge is 2.36. The first-order valence-corrected chi connectivity index (χ1v) is 8.23. The molecule has 0 saturated heterocycles. The molecule has 0 spiro atoms. The fraction of sp³-hybridized carbons (Fsp3) is 0.529. The van der Waals surface area contributed by atoms with E-state index >= 15 is 0 Å². The van der Waals surface area contributed by atoms with Gasteiger partial charge in [-0.1, -0.05) is 28.1 Å². The Hall–Kier alpha value is -1.56. The molecule has 0 aliphatic rings. The molecule has 1 unspecified atom stereocenters. The first-order chi connectivity index (χ1) is 10.4. The van der Waals surface area contributed by atoms with Gasteiger partial charge in [-0.25, -0.2) is 9.59 Å². The van der Waals surface area contributed by atoms with E-state index in [4.69, 9.17) is 4.74 Å². The Labute approximate surface area is 145 Å². The topological polar surface area (TPSA) is 66.8 Å². The number of carboxylic acids is 1. The number of halogens is 1. The predicted molar refractivity (Wildman–Crippen MR) is 92.5 cm³/mol. The molecule has 0 aliphatic heterocycles. The van der Waals surface area contributed by atoms with Crippen molar-refractivity contribution in [3.63, 3.8) is 0 Å². The van der Waals surface area contributed by atoms with Crippen LogP contribution in [0, 0.1) is 6.92 Å². The fourth-order valence-corrected chi connectivity index (χ4v) is 2.44. The first kappa shape index (κ1) is 19.5. The van der Waals surface area contributed by atoms with E-state index in [-0.39, 0.29) is 6.04 Å². The fourth-order valence-electron chi connectivity index (χ4n) is 2.19. The molecule has 0 radical (unpaired) electrons. The smallest absolute Gasteiger partial charge is 0.411 e. The van der Waals surface area contributed by atoms with Gasteiger partial charge in [-0.3, -0.25) is 4.90 Å². The Morgan fingerprint density at radius 2 is 1.83 bits per heavy atom. The Morgan fingerprint density at radius 3 is 2.22 bits per heavy atom. The molecule has 0 aromatic heterocycles. The van der Waals surface area contributed by atoms with Gasteiger partial charge in [0.05, 0.1) is 0 Å². The summed E-state index contributed by atoms with van der Waals surface area (Å²) in [5.41, 5.74) is 0.752. The first-order valence-electron chi connectivity index (χ1n) is 7.44. The highest BCUT2D eigenvalue weighted by molar-refractivity contribution is 9.10. The van der Waals surface area contributed by atoms with E-state index in [2.05, 4.69) is 15.9 Å². The van der Waals surface area contributed by atoms with Crippen LogP contribution < -0.4 is 0 Å². The number of rotatable bonds is 4. The quantitative estimate of drug-likeness (QED) is 0.826. The van der Waals surface area contributed by atoms with E-state index in [0.29, 0.717) is 5.56 Å². The van der Waals surface area contributed by atoms with Crippen LogP contribution in [-0.4, -0.2) is 33.7 Å². The third kappa shape index (κ3) is 5.23. The predicted octanol–water partition coefficient (Wildman–Crippen LogP) is 4.53. The van der Waals surface area contributed by atoms with Gasteiger partial charge < -0.3 is 9.84 Å². The Bertz CT molecular complexity index is 593. The lowest BCUT2D eigenvalue weighted by atomic mass is 10.0. The molecule has 1 amide bonds. The van der Waals surface area contributed by atoms with Gasteiger partial charge in [-0.05, 0) is 58.7 Å². The largest absolute Gasteiger partial charge is 0.479 e. The van der Waals surface area contributed by atoms with E-state index in [9.17, 15) is 14.7 Å². The van der Waals surface area contributed by atoms with Crippen molar-refractivity contribution in [1.82, 2.24) is 4.90 Å². The maximum atomic E-state index is 12.5. The average Bonchev–Trinajstić information content (AvgIpc) is 2.36. The van der Waals surface area contributed by atoms with Gasteiger partial charge in [0.15, 0.2) is 6.04 Å². The van der Waals surface area contributed by atoms with Crippen LogP contribution in [0.4, 0.5) is 4.79 Å². The van der Waals surface area contributed by atoms with Crippen molar-refractivity contribution < 1.29 is 19.4 Å².